The van der Waals surface area contributed by atoms with Gasteiger partial charge >= 0.3 is 5.97 Å². The van der Waals surface area contributed by atoms with Crippen molar-refractivity contribution in [1.82, 2.24) is 0 Å². The summed E-state index contributed by atoms with van der Waals surface area (Å²) in [6.45, 7) is 0.234. The van der Waals surface area contributed by atoms with Gasteiger partial charge in [0.2, 0.25) is 0 Å². The number of benzene rings is 1. The lowest BCUT2D eigenvalue weighted by Crippen LogP contribution is -2.31. The minimum Gasteiger partial charge on any atom is -0.460 e. The molecule has 1 aromatic rings. The average Bonchev–Trinajstić information content (AvgIpc) is 2.27. The van der Waals surface area contributed by atoms with E-state index in [1.54, 1.807) is 0 Å². The second-order valence-electron chi connectivity index (χ2n) is 3.11. The van der Waals surface area contributed by atoms with E-state index >= 15 is 0 Å². The molecule has 0 bridgehead atoms. The molecule has 1 atom stereocenters. The number of esters is 1. The Hall–Kier alpha value is -1.79. The second-order valence-corrected chi connectivity index (χ2v) is 3.11. The number of rotatable bonds is 4. The Labute approximate surface area is 89.2 Å². The van der Waals surface area contributed by atoms with Gasteiger partial charge in [-0.3, -0.25) is 4.79 Å². The van der Waals surface area contributed by atoms with Crippen molar-refractivity contribution >= 4 is 5.97 Å². The summed E-state index contributed by atoms with van der Waals surface area (Å²) in [5.74, 6) is 1.86. The van der Waals surface area contributed by atoms with Crippen molar-refractivity contribution < 1.29 is 9.53 Å². The summed E-state index contributed by atoms with van der Waals surface area (Å²) in [7, 11) is 0. The molecule has 0 heterocycles. The minimum atomic E-state index is -0.723. The summed E-state index contributed by atoms with van der Waals surface area (Å²) >= 11 is 0. The number of terminal acetylenes is 1. The summed E-state index contributed by atoms with van der Waals surface area (Å²) in [5.41, 5.74) is 6.40. The van der Waals surface area contributed by atoms with Crippen LogP contribution in [0.25, 0.3) is 0 Å². The lowest BCUT2D eigenvalue weighted by Gasteiger charge is -2.08. The summed E-state index contributed by atoms with van der Waals surface area (Å²) in [4.78, 5) is 11.3. The summed E-state index contributed by atoms with van der Waals surface area (Å²) in [5, 5.41) is 0. The highest BCUT2D eigenvalue weighted by molar-refractivity contribution is 5.75. The predicted molar refractivity (Wildman–Crippen MR) is 57.7 cm³/mol. The van der Waals surface area contributed by atoms with Crippen LogP contribution < -0.4 is 5.73 Å². The number of hydrogen-bond acceptors (Lipinski definition) is 3. The van der Waals surface area contributed by atoms with E-state index in [-0.39, 0.29) is 13.0 Å². The third-order valence-electron chi connectivity index (χ3n) is 1.86. The molecule has 1 unspecified atom stereocenters. The van der Waals surface area contributed by atoms with Crippen LogP contribution in [0.2, 0.25) is 0 Å². The highest BCUT2D eigenvalue weighted by Crippen LogP contribution is 2.02. The first kappa shape index (κ1) is 11.3. The first-order chi connectivity index (χ1) is 7.24. The maximum Gasteiger partial charge on any atom is 0.324 e. The molecular weight excluding hydrogens is 190 g/mol. The third-order valence-corrected chi connectivity index (χ3v) is 1.86. The lowest BCUT2D eigenvalue weighted by atomic mass is 10.2. The molecule has 3 nitrogen and oxygen atoms in total. The van der Waals surface area contributed by atoms with E-state index in [9.17, 15) is 4.79 Å². The van der Waals surface area contributed by atoms with Crippen molar-refractivity contribution in [3.8, 4) is 12.3 Å². The quantitative estimate of drug-likeness (QED) is 0.588. The number of carbonyl (C=O) groups excluding carboxylic acids is 1. The number of nitrogens with two attached hydrogens (primary N) is 1. The highest BCUT2D eigenvalue weighted by atomic mass is 16.5. The molecule has 1 aromatic carbocycles. The van der Waals surface area contributed by atoms with Crippen LogP contribution >= 0.6 is 0 Å². The standard InChI is InChI=1S/C12H13NO2/c1-2-6-11(13)12(14)15-9-10-7-4-3-5-8-10/h1,3-5,7-8,11H,6,9,13H2. The van der Waals surface area contributed by atoms with Crippen LogP contribution in [0.3, 0.4) is 0 Å². The number of carbonyl (C=O) groups is 1. The van der Waals surface area contributed by atoms with Crippen LogP contribution in [0.15, 0.2) is 30.3 Å². The Kier molecular flexibility index (Phi) is 4.39. The van der Waals surface area contributed by atoms with E-state index < -0.39 is 12.0 Å². The molecule has 0 spiro atoms. The monoisotopic (exact) mass is 203 g/mol. The van der Waals surface area contributed by atoms with E-state index in [4.69, 9.17) is 16.9 Å². The fourth-order valence-electron chi connectivity index (χ4n) is 1.05. The Balaban J connectivity index is 2.38. The Bertz CT molecular complexity index is 354. The maximum absolute atomic E-state index is 11.3. The Morgan fingerprint density at radius 3 is 2.73 bits per heavy atom. The molecule has 0 aliphatic carbocycles. The normalized spacial score (nSPS) is 11.5. The van der Waals surface area contributed by atoms with Gasteiger partial charge in [-0.1, -0.05) is 30.3 Å². The van der Waals surface area contributed by atoms with Crippen molar-refractivity contribution in [2.45, 2.75) is 19.1 Å². The highest BCUT2D eigenvalue weighted by Gasteiger charge is 2.13. The molecule has 1 rings (SSSR count). The van der Waals surface area contributed by atoms with Gasteiger partial charge in [0.15, 0.2) is 0 Å². The molecule has 0 aromatic heterocycles. The van der Waals surface area contributed by atoms with Crippen LogP contribution in [0.5, 0.6) is 0 Å². The third kappa shape index (κ3) is 3.84. The van der Waals surface area contributed by atoms with Gasteiger partial charge in [-0.15, -0.1) is 12.3 Å². The summed E-state index contributed by atoms with van der Waals surface area (Å²) in [6, 6.07) is 8.68. The molecule has 0 fully saturated rings. The zero-order valence-electron chi connectivity index (χ0n) is 8.35. The van der Waals surface area contributed by atoms with Crippen LogP contribution in [0.1, 0.15) is 12.0 Å². The zero-order valence-corrected chi connectivity index (χ0v) is 8.35. The van der Waals surface area contributed by atoms with Crippen molar-refractivity contribution in [3.63, 3.8) is 0 Å². The number of hydrogen-bond donors (Lipinski definition) is 1. The fourth-order valence-corrected chi connectivity index (χ4v) is 1.05. The lowest BCUT2D eigenvalue weighted by molar-refractivity contribution is -0.146. The maximum atomic E-state index is 11.3. The van der Waals surface area contributed by atoms with E-state index in [0.29, 0.717) is 0 Å². The molecule has 3 heteroatoms. The molecule has 15 heavy (non-hydrogen) atoms. The molecule has 0 aliphatic heterocycles. The molecule has 78 valence electrons. The van der Waals surface area contributed by atoms with Gasteiger partial charge in [-0.2, -0.15) is 0 Å². The topological polar surface area (TPSA) is 52.3 Å². The smallest absolute Gasteiger partial charge is 0.324 e. The van der Waals surface area contributed by atoms with E-state index in [0.717, 1.165) is 5.56 Å². The zero-order chi connectivity index (χ0) is 11.1. The Morgan fingerprint density at radius 2 is 2.13 bits per heavy atom. The second kappa shape index (κ2) is 5.84. The van der Waals surface area contributed by atoms with Gasteiger partial charge in [0, 0.05) is 6.42 Å². The van der Waals surface area contributed by atoms with E-state index in [2.05, 4.69) is 5.92 Å². The van der Waals surface area contributed by atoms with Gasteiger partial charge in [0.25, 0.3) is 0 Å². The van der Waals surface area contributed by atoms with Gasteiger partial charge in [-0.05, 0) is 5.56 Å². The van der Waals surface area contributed by atoms with Crippen molar-refractivity contribution in [2.24, 2.45) is 5.73 Å². The van der Waals surface area contributed by atoms with Gasteiger partial charge in [0.05, 0.1) is 0 Å². The van der Waals surface area contributed by atoms with Gasteiger partial charge in [0.1, 0.15) is 12.6 Å². The minimum absolute atomic E-state index is 0.202. The SMILES string of the molecule is C#CCC(N)C(=O)OCc1ccccc1. The Morgan fingerprint density at radius 1 is 1.47 bits per heavy atom. The molecule has 0 saturated carbocycles. The van der Waals surface area contributed by atoms with Gasteiger partial charge in [-0.25, -0.2) is 0 Å². The predicted octanol–water partition coefficient (Wildman–Crippen LogP) is 1.08. The van der Waals surface area contributed by atoms with Crippen LogP contribution in [-0.2, 0) is 16.1 Å². The average molecular weight is 203 g/mol. The molecule has 2 N–H and O–H groups in total. The molecule has 0 saturated heterocycles. The summed E-state index contributed by atoms with van der Waals surface area (Å²) in [6.07, 6.45) is 5.24. The first-order valence-electron chi connectivity index (χ1n) is 4.63. The van der Waals surface area contributed by atoms with Crippen molar-refractivity contribution in [2.75, 3.05) is 0 Å². The van der Waals surface area contributed by atoms with Gasteiger partial charge < -0.3 is 10.5 Å². The molecular formula is C12H13NO2. The first-order valence-corrected chi connectivity index (χ1v) is 4.63. The van der Waals surface area contributed by atoms with E-state index in [1.165, 1.54) is 0 Å². The van der Waals surface area contributed by atoms with Crippen LogP contribution in [0, 0.1) is 12.3 Å². The van der Waals surface area contributed by atoms with Crippen LogP contribution in [-0.4, -0.2) is 12.0 Å². The summed E-state index contributed by atoms with van der Waals surface area (Å²) < 4.78 is 4.98. The molecule has 0 aliphatic rings. The van der Waals surface area contributed by atoms with Crippen LogP contribution in [0.4, 0.5) is 0 Å². The van der Waals surface area contributed by atoms with Crippen molar-refractivity contribution in [1.29, 1.82) is 0 Å². The molecule has 0 radical (unpaired) electrons. The van der Waals surface area contributed by atoms with Crippen molar-refractivity contribution in [3.05, 3.63) is 35.9 Å². The number of ether oxygens (including phenoxy) is 1. The molecule has 0 amide bonds. The largest absolute Gasteiger partial charge is 0.460 e. The van der Waals surface area contributed by atoms with E-state index in [1.807, 2.05) is 30.3 Å². The fraction of sp³-hybridized carbons (Fsp3) is 0.250.